The summed E-state index contributed by atoms with van der Waals surface area (Å²) in [5.41, 5.74) is 1.24. The zero-order valence-corrected chi connectivity index (χ0v) is 13.8. The van der Waals surface area contributed by atoms with Gasteiger partial charge in [-0.05, 0) is 52.4 Å². The first-order valence-corrected chi connectivity index (χ1v) is 7.75. The van der Waals surface area contributed by atoms with Crippen LogP contribution in [0.25, 0.3) is 0 Å². The van der Waals surface area contributed by atoms with Crippen LogP contribution in [0, 0.1) is 5.92 Å². The molecule has 1 aliphatic heterocycles. The smallest absolute Gasteiger partial charge is 0.165 e. The van der Waals surface area contributed by atoms with Gasteiger partial charge in [0.15, 0.2) is 11.5 Å². The van der Waals surface area contributed by atoms with Crippen LogP contribution in [0.3, 0.4) is 0 Å². The molecule has 2 rings (SSSR count). The van der Waals surface area contributed by atoms with Gasteiger partial charge in [-0.2, -0.15) is 0 Å². The highest BCUT2D eigenvalue weighted by molar-refractivity contribution is 5.48. The standard InChI is InChI=1S/C17H28N2O2/c1-12(2)19-10-9-13(11-18-3)16(19)14-7-6-8-15(20-4)17(14)21-5/h6-8,12-13,16,18H,9-11H2,1-5H3. The van der Waals surface area contributed by atoms with Crippen molar-refractivity contribution in [3.8, 4) is 11.5 Å². The first-order valence-electron chi connectivity index (χ1n) is 7.75. The van der Waals surface area contributed by atoms with Crippen molar-refractivity contribution in [3.05, 3.63) is 23.8 Å². The molecule has 21 heavy (non-hydrogen) atoms. The number of methoxy groups -OCH3 is 2. The lowest BCUT2D eigenvalue weighted by molar-refractivity contribution is 0.178. The maximum atomic E-state index is 5.66. The molecule has 0 aromatic heterocycles. The first kappa shape index (κ1) is 16.1. The molecule has 1 aromatic carbocycles. The Morgan fingerprint density at radius 1 is 1.29 bits per heavy atom. The molecule has 0 radical (unpaired) electrons. The second kappa shape index (κ2) is 7.14. The van der Waals surface area contributed by atoms with E-state index in [-0.39, 0.29) is 0 Å². The minimum absolute atomic E-state index is 0.377. The Bertz CT molecular complexity index is 462. The van der Waals surface area contributed by atoms with Gasteiger partial charge < -0.3 is 14.8 Å². The maximum absolute atomic E-state index is 5.66. The molecule has 2 unspecified atom stereocenters. The van der Waals surface area contributed by atoms with Crippen LogP contribution in [-0.4, -0.2) is 45.3 Å². The summed E-state index contributed by atoms with van der Waals surface area (Å²) in [6.45, 7) is 6.69. The van der Waals surface area contributed by atoms with Gasteiger partial charge in [-0.1, -0.05) is 12.1 Å². The summed E-state index contributed by atoms with van der Waals surface area (Å²) in [6.07, 6.45) is 1.21. The highest BCUT2D eigenvalue weighted by Gasteiger charge is 2.38. The van der Waals surface area contributed by atoms with Gasteiger partial charge >= 0.3 is 0 Å². The van der Waals surface area contributed by atoms with Crippen LogP contribution in [0.1, 0.15) is 31.9 Å². The summed E-state index contributed by atoms with van der Waals surface area (Å²) in [5, 5.41) is 3.34. The first-order chi connectivity index (χ1) is 10.1. The number of likely N-dealkylation sites (tertiary alicyclic amines) is 1. The Hall–Kier alpha value is -1.26. The van der Waals surface area contributed by atoms with Crippen molar-refractivity contribution >= 4 is 0 Å². The van der Waals surface area contributed by atoms with Crippen molar-refractivity contribution < 1.29 is 9.47 Å². The Labute approximate surface area is 128 Å². The third-order valence-corrected chi connectivity index (χ3v) is 4.44. The fourth-order valence-corrected chi connectivity index (χ4v) is 3.52. The SMILES string of the molecule is CNCC1CCN(C(C)C)C1c1cccc(OC)c1OC. The van der Waals surface area contributed by atoms with E-state index in [1.165, 1.54) is 12.0 Å². The van der Waals surface area contributed by atoms with Crippen LogP contribution in [0.5, 0.6) is 11.5 Å². The summed E-state index contributed by atoms with van der Waals surface area (Å²) >= 11 is 0. The second-order valence-corrected chi connectivity index (χ2v) is 5.97. The molecule has 1 fully saturated rings. The van der Waals surface area contributed by atoms with Gasteiger partial charge in [0.05, 0.1) is 14.2 Å². The Morgan fingerprint density at radius 2 is 2.05 bits per heavy atom. The molecule has 1 aromatic rings. The third-order valence-electron chi connectivity index (χ3n) is 4.44. The molecule has 0 saturated carbocycles. The van der Waals surface area contributed by atoms with Crippen LogP contribution in [0.2, 0.25) is 0 Å². The van der Waals surface area contributed by atoms with E-state index in [9.17, 15) is 0 Å². The second-order valence-electron chi connectivity index (χ2n) is 5.97. The van der Waals surface area contributed by atoms with Gasteiger partial charge in [-0.15, -0.1) is 0 Å². The van der Waals surface area contributed by atoms with Crippen molar-refractivity contribution in [2.75, 3.05) is 34.4 Å². The van der Waals surface area contributed by atoms with E-state index < -0.39 is 0 Å². The highest BCUT2D eigenvalue weighted by atomic mass is 16.5. The molecule has 1 N–H and O–H groups in total. The Kier molecular flexibility index (Phi) is 5.48. The average Bonchev–Trinajstić information content (AvgIpc) is 2.90. The van der Waals surface area contributed by atoms with Crippen LogP contribution < -0.4 is 14.8 Å². The van der Waals surface area contributed by atoms with Gasteiger partial charge in [0.25, 0.3) is 0 Å². The summed E-state index contributed by atoms with van der Waals surface area (Å²) in [7, 11) is 5.45. The van der Waals surface area contributed by atoms with Crippen molar-refractivity contribution in [3.63, 3.8) is 0 Å². The number of hydrogen-bond donors (Lipinski definition) is 1. The van der Waals surface area contributed by atoms with E-state index in [2.05, 4.69) is 36.2 Å². The average molecular weight is 292 g/mol. The monoisotopic (exact) mass is 292 g/mol. The van der Waals surface area contributed by atoms with Gasteiger partial charge in [0, 0.05) is 17.6 Å². The van der Waals surface area contributed by atoms with E-state index in [4.69, 9.17) is 9.47 Å². The molecule has 0 aliphatic carbocycles. The lowest BCUT2D eigenvalue weighted by atomic mass is 9.92. The topological polar surface area (TPSA) is 33.7 Å². The van der Waals surface area contributed by atoms with Crippen molar-refractivity contribution in [1.29, 1.82) is 0 Å². The van der Waals surface area contributed by atoms with Gasteiger partial charge in [-0.3, -0.25) is 4.90 Å². The van der Waals surface area contributed by atoms with E-state index in [0.717, 1.165) is 24.6 Å². The Balaban J connectivity index is 2.44. The van der Waals surface area contributed by atoms with Crippen LogP contribution >= 0.6 is 0 Å². The third kappa shape index (κ3) is 3.16. The fourth-order valence-electron chi connectivity index (χ4n) is 3.52. The zero-order chi connectivity index (χ0) is 15.4. The predicted molar refractivity (Wildman–Crippen MR) is 86.2 cm³/mol. The number of benzene rings is 1. The van der Waals surface area contributed by atoms with Crippen molar-refractivity contribution in [2.45, 2.75) is 32.4 Å². The van der Waals surface area contributed by atoms with Crippen molar-refractivity contribution in [1.82, 2.24) is 10.2 Å². The number of nitrogens with one attached hydrogen (secondary N) is 1. The fraction of sp³-hybridized carbons (Fsp3) is 0.647. The van der Waals surface area contributed by atoms with Gasteiger partial charge in [0.2, 0.25) is 0 Å². The molecule has 0 bridgehead atoms. The van der Waals surface area contributed by atoms with E-state index in [1.54, 1.807) is 14.2 Å². The maximum Gasteiger partial charge on any atom is 0.165 e. The lowest BCUT2D eigenvalue weighted by Gasteiger charge is -2.33. The van der Waals surface area contributed by atoms with Crippen LogP contribution in [0.4, 0.5) is 0 Å². The number of hydrogen-bond acceptors (Lipinski definition) is 4. The summed E-state index contributed by atoms with van der Waals surface area (Å²) in [4.78, 5) is 2.57. The quantitative estimate of drug-likeness (QED) is 0.874. The normalized spacial score (nSPS) is 22.8. The number of ether oxygens (including phenoxy) is 2. The Morgan fingerprint density at radius 3 is 2.62 bits per heavy atom. The van der Waals surface area contributed by atoms with E-state index in [1.807, 2.05) is 13.1 Å². The molecular weight excluding hydrogens is 264 g/mol. The molecule has 2 atom stereocenters. The minimum atomic E-state index is 0.377. The number of rotatable bonds is 6. The molecule has 1 aliphatic rings. The van der Waals surface area contributed by atoms with Crippen molar-refractivity contribution in [2.24, 2.45) is 5.92 Å². The number of nitrogens with zero attached hydrogens (tertiary/aromatic N) is 1. The van der Waals surface area contributed by atoms with E-state index in [0.29, 0.717) is 18.0 Å². The van der Waals surface area contributed by atoms with E-state index >= 15 is 0 Å². The molecular formula is C17H28N2O2. The molecule has 4 nitrogen and oxygen atoms in total. The molecule has 118 valence electrons. The van der Waals surface area contributed by atoms with Crippen LogP contribution in [0.15, 0.2) is 18.2 Å². The van der Waals surface area contributed by atoms with Gasteiger partial charge in [0.1, 0.15) is 0 Å². The molecule has 0 spiro atoms. The highest BCUT2D eigenvalue weighted by Crippen LogP contribution is 2.44. The summed E-state index contributed by atoms with van der Waals surface area (Å²) in [6, 6.07) is 7.10. The van der Waals surface area contributed by atoms with Gasteiger partial charge in [-0.25, -0.2) is 0 Å². The zero-order valence-electron chi connectivity index (χ0n) is 13.8. The molecule has 1 heterocycles. The predicted octanol–water partition coefficient (Wildman–Crippen LogP) is 2.69. The minimum Gasteiger partial charge on any atom is -0.493 e. The summed E-state index contributed by atoms with van der Waals surface area (Å²) < 4.78 is 11.1. The number of para-hydroxylation sites is 1. The molecule has 0 amide bonds. The summed E-state index contributed by atoms with van der Waals surface area (Å²) in [5.74, 6) is 2.28. The van der Waals surface area contributed by atoms with Crippen LogP contribution in [-0.2, 0) is 0 Å². The lowest BCUT2D eigenvalue weighted by Crippen LogP contribution is -2.34. The molecule has 4 heteroatoms. The molecule has 1 saturated heterocycles. The largest absolute Gasteiger partial charge is 0.493 e.